The molecule has 0 spiro atoms. The molecule has 0 atom stereocenters. The van der Waals surface area contributed by atoms with Gasteiger partial charge in [-0.1, -0.05) is 0 Å². The Morgan fingerprint density at radius 3 is 2.57 bits per heavy atom. The Hall–Kier alpha value is -1.98. The fourth-order valence-corrected chi connectivity index (χ4v) is 3.66. The molecule has 1 rings (SSSR count). The van der Waals surface area contributed by atoms with Gasteiger partial charge in [-0.15, -0.1) is 0 Å². The summed E-state index contributed by atoms with van der Waals surface area (Å²) in [5.74, 6) is -2.31. The molecule has 21 heavy (non-hydrogen) atoms. The van der Waals surface area contributed by atoms with Crippen molar-refractivity contribution in [1.29, 1.82) is 5.26 Å². The molecule has 1 aromatic rings. The second kappa shape index (κ2) is 6.65. The molecular weight excluding hydrogens is 299 g/mol. The first-order chi connectivity index (χ1) is 9.71. The Balaban J connectivity index is 3.44. The molecule has 0 bridgehead atoms. The highest BCUT2D eigenvalue weighted by Gasteiger charge is 2.31. The lowest BCUT2D eigenvalue weighted by molar-refractivity contribution is 0.0692. The topological polar surface area (TPSA) is 98.5 Å². The van der Waals surface area contributed by atoms with E-state index in [4.69, 9.17) is 10.4 Å². The van der Waals surface area contributed by atoms with Crippen LogP contribution in [0.1, 0.15) is 30.6 Å². The quantitative estimate of drug-likeness (QED) is 0.863. The largest absolute Gasteiger partial charge is 0.478 e. The number of halogens is 1. The molecule has 0 amide bonds. The van der Waals surface area contributed by atoms with Crippen LogP contribution in [-0.2, 0) is 10.0 Å². The van der Waals surface area contributed by atoms with Crippen LogP contribution in [0, 0.1) is 17.1 Å². The molecule has 0 aliphatic rings. The van der Waals surface area contributed by atoms with E-state index in [-0.39, 0.29) is 13.0 Å². The Labute approximate surface area is 122 Å². The molecule has 6 nitrogen and oxygen atoms in total. The number of carboxylic acid groups (broad SMARTS) is 1. The zero-order valence-corrected chi connectivity index (χ0v) is 12.4. The third kappa shape index (κ3) is 3.77. The first kappa shape index (κ1) is 17.1. The van der Waals surface area contributed by atoms with Gasteiger partial charge in [0.05, 0.1) is 16.5 Å². The van der Waals surface area contributed by atoms with Crippen molar-refractivity contribution in [2.24, 2.45) is 0 Å². The van der Waals surface area contributed by atoms with E-state index in [0.29, 0.717) is 6.07 Å². The molecule has 0 aromatic heterocycles. The molecule has 8 heteroatoms. The summed E-state index contributed by atoms with van der Waals surface area (Å²) >= 11 is 0. The molecule has 0 saturated carbocycles. The third-order valence-corrected chi connectivity index (χ3v) is 4.90. The summed E-state index contributed by atoms with van der Waals surface area (Å²) < 4.78 is 39.4. The molecular formula is C13H15FN2O4S. The lowest BCUT2D eigenvalue weighted by Crippen LogP contribution is -2.38. The predicted molar refractivity (Wildman–Crippen MR) is 72.6 cm³/mol. The number of benzene rings is 1. The van der Waals surface area contributed by atoms with Crippen molar-refractivity contribution in [1.82, 2.24) is 4.31 Å². The normalized spacial score (nSPS) is 11.6. The molecule has 0 radical (unpaired) electrons. The minimum absolute atomic E-state index is 0.0465. The van der Waals surface area contributed by atoms with Crippen LogP contribution in [0.2, 0.25) is 0 Å². The van der Waals surface area contributed by atoms with E-state index in [1.54, 1.807) is 13.8 Å². The van der Waals surface area contributed by atoms with Crippen molar-refractivity contribution in [2.45, 2.75) is 31.2 Å². The maximum absolute atomic E-state index is 13.3. The molecule has 0 aliphatic heterocycles. The number of nitrogens with zero attached hydrogens (tertiary/aromatic N) is 2. The molecule has 1 N–H and O–H groups in total. The highest BCUT2D eigenvalue weighted by atomic mass is 32.2. The van der Waals surface area contributed by atoms with Gasteiger partial charge in [0.1, 0.15) is 5.82 Å². The number of aromatic carboxylic acids is 1. The molecule has 0 fully saturated rings. The van der Waals surface area contributed by atoms with Crippen LogP contribution in [0.4, 0.5) is 4.39 Å². The highest BCUT2D eigenvalue weighted by molar-refractivity contribution is 7.89. The Bertz CT molecular complexity index is 680. The lowest BCUT2D eigenvalue weighted by Gasteiger charge is -2.25. The number of carboxylic acids is 1. The van der Waals surface area contributed by atoms with E-state index in [0.717, 1.165) is 16.4 Å². The monoisotopic (exact) mass is 314 g/mol. The van der Waals surface area contributed by atoms with E-state index < -0.39 is 38.3 Å². The van der Waals surface area contributed by atoms with Gasteiger partial charge in [0.2, 0.25) is 10.0 Å². The van der Waals surface area contributed by atoms with Crippen molar-refractivity contribution in [3.8, 4) is 6.07 Å². The summed E-state index contributed by atoms with van der Waals surface area (Å²) in [5, 5.41) is 17.7. The first-order valence-corrected chi connectivity index (χ1v) is 7.57. The van der Waals surface area contributed by atoms with E-state index in [2.05, 4.69) is 0 Å². The minimum Gasteiger partial charge on any atom is -0.478 e. The van der Waals surface area contributed by atoms with Crippen LogP contribution in [0.15, 0.2) is 23.1 Å². The number of hydrogen-bond acceptors (Lipinski definition) is 4. The van der Waals surface area contributed by atoms with Gasteiger partial charge >= 0.3 is 5.97 Å². The zero-order valence-electron chi connectivity index (χ0n) is 11.6. The fourth-order valence-electron chi connectivity index (χ4n) is 1.83. The van der Waals surface area contributed by atoms with Gasteiger partial charge in [0, 0.05) is 19.0 Å². The second-order valence-corrected chi connectivity index (χ2v) is 6.42. The number of hydrogen-bond donors (Lipinski definition) is 1. The molecule has 0 heterocycles. The van der Waals surface area contributed by atoms with Gasteiger partial charge in [-0.25, -0.2) is 17.6 Å². The number of sulfonamides is 1. The number of carbonyl (C=O) groups is 1. The summed E-state index contributed by atoms with van der Waals surface area (Å²) in [4.78, 5) is 10.5. The number of nitriles is 1. The maximum Gasteiger partial charge on any atom is 0.337 e. The molecule has 1 aromatic carbocycles. The standard InChI is InChI=1S/C13H15FN2O4S/c1-9(2)16(7-3-6-15)21(19,20)12-8-10(14)4-5-11(12)13(17)18/h4-5,8-9H,3,7H2,1-2H3,(H,17,18). The van der Waals surface area contributed by atoms with E-state index >= 15 is 0 Å². The van der Waals surface area contributed by atoms with Crippen LogP contribution in [-0.4, -0.2) is 36.4 Å². The Morgan fingerprint density at radius 2 is 2.10 bits per heavy atom. The van der Waals surface area contributed by atoms with Crippen molar-refractivity contribution in [3.05, 3.63) is 29.6 Å². The SMILES string of the molecule is CC(C)N(CCC#N)S(=O)(=O)c1cc(F)ccc1C(=O)O. The smallest absolute Gasteiger partial charge is 0.337 e. The van der Waals surface area contributed by atoms with Gasteiger partial charge in [-0.2, -0.15) is 9.57 Å². The second-order valence-electron chi connectivity index (χ2n) is 4.56. The average Bonchev–Trinajstić information content (AvgIpc) is 2.38. The van der Waals surface area contributed by atoms with Crippen LogP contribution in [0.3, 0.4) is 0 Å². The van der Waals surface area contributed by atoms with Crippen molar-refractivity contribution in [2.75, 3.05) is 6.54 Å². The minimum atomic E-state index is -4.21. The van der Waals surface area contributed by atoms with E-state index in [1.165, 1.54) is 0 Å². The predicted octanol–water partition coefficient (Wildman–Crippen LogP) is 1.84. The van der Waals surface area contributed by atoms with Crippen molar-refractivity contribution < 1.29 is 22.7 Å². The molecule has 114 valence electrons. The summed E-state index contributed by atoms with van der Waals surface area (Å²) in [6.07, 6.45) is -0.0465. The van der Waals surface area contributed by atoms with Crippen LogP contribution < -0.4 is 0 Å². The molecule has 0 unspecified atom stereocenters. The van der Waals surface area contributed by atoms with E-state index in [9.17, 15) is 17.6 Å². The zero-order chi connectivity index (χ0) is 16.2. The average molecular weight is 314 g/mol. The van der Waals surface area contributed by atoms with Gasteiger partial charge in [-0.3, -0.25) is 0 Å². The van der Waals surface area contributed by atoms with Crippen LogP contribution in [0.5, 0.6) is 0 Å². The van der Waals surface area contributed by atoms with Gasteiger partial charge in [0.25, 0.3) is 0 Å². The summed E-state index contributed by atoms with van der Waals surface area (Å²) in [5.41, 5.74) is -0.501. The summed E-state index contributed by atoms with van der Waals surface area (Å²) in [6.45, 7) is 3.09. The van der Waals surface area contributed by atoms with Gasteiger partial charge < -0.3 is 5.11 Å². The highest BCUT2D eigenvalue weighted by Crippen LogP contribution is 2.23. The number of rotatable bonds is 6. The lowest BCUT2D eigenvalue weighted by atomic mass is 10.2. The van der Waals surface area contributed by atoms with E-state index in [1.807, 2.05) is 6.07 Å². The fraction of sp³-hybridized carbons (Fsp3) is 0.385. The van der Waals surface area contributed by atoms with Gasteiger partial charge in [-0.05, 0) is 32.0 Å². The summed E-state index contributed by atoms with van der Waals surface area (Å²) in [6, 6.07) is 3.81. The Kier molecular flexibility index (Phi) is 5.41. The first-order valence-electron chi connectivity index (χ1n) is 6.13. The van der Waals surface area contributed by atoms with Crippen LogP contribution in [0.25, 0.3) is 0 Å². The summed E-state index contributed by atoms with van der Waals surface area (Å²) in [7, 11) is -4.21. The maximum atomic E-state index is 13.3. The molecule has 0 aliphatic carbocycles. The van der Waals surface area contributed by atoms with Crippen molar-refractivity contribution >= 4 is 16.0 Å². The van der Waals surface area contributed by atoms with Gasteiger partial charge in [0.15, 0.2) is 0 Å². The van der Waals surface area contributed by atoms with Crippen molar-refractivity contribution in [3.63, 3.8) is 0 Å². The molecule has 0 saturated heterocycles. The Morgan fingerprint density at radius 1 is 1.48 bits per heavy atom. The van der Waals surface area contributed by atoms with Crippen LogP contribution >= 0.6 is 0 Å². The third-order valence-electron chi connectivity index (χ3n) is 2.78.